The van der Waals surface area contributed by atoms with Crippen LogP contribution in [0.15, 0.2) is 84.9 Å². The van der Waals surface area contributed by atoms with Gasteiger partial charge in [0.1, 0.15) is 6.04 Å². The Bertz CT molecular complexity index is 927. The molecule has 0 aliphatic carbocycles. The van der Waals surface area contributed by atoms with Gasteiger partial charge in [0.15, 0.2) is 0 Å². The number of carbonyl (C=O) groups is 2. The molecular weight excluding hydrogens is 372 g/mol. The summed E-state index contributed by atoms with van der Waals surface area (Å²) in [6, 6.07) is 26.4. The number of likely N-dealkylation sites (N-methyl/N-ethyl adjacent to an activating group) is 1. The SMILES string of the molecule is CNC(=O)C(NC(=O)c1ccc(C(C)C)cc1)C(c1ccccc1)c1ccccc1. The molecule has 2 N–H and O–H groups in total. The van der Waals surface area contributed by atoms with E-state index < -0.39 is 6.04 Å². The summed E-state index contributed by atoms with van der Waals surface area (Å²) < 4.78 is 0. The second-order valence-corrected chi connectivity index (χ2v) is 7.64. The molecule has 0 radical (unpaired) electrons. The van der Waals surface area contributed by atoms with Crippen molar-refractivity contribution in [2.24, 2.45) is 0 Å². The van der Waals surface area contributed by atoms with E-state index in [2.05, 4.69) is 24.5 Å². The highest BCUT2D eigenvalue weighted by molar-refractivity contribution is 5.98. The lowest BCUT2D eigenvalue weighted by Gasteiger charge is -2.28. The minimum absolute atomic E-state index is 0.236. The summed E-state index contributed by atoms with van der Waals surface area (Å²) >= 11 is 0. The lowest BCUT2D eigenvalue weighted by Crippen LogP contribution is -2.49. The van der Waals surface area contributed by atoms with Crippen LogP contribution in [0.25, 0.3) is 0 Å². The maximum atomic E-state index is 13.0. The number of hydrogen-bond donors (Lipinski definition) is 2. The Morgan fingerprint density at radius 2 is 1.20 bits per heavy atom. The first-order valence-electron chi connectivity index (χ1n) is 10.2. The molecule has 1 atom stereocenters. The number of nitrogens with one attached hydrogen (secondary N) is 2. The van der Waals surface area contributed by atoms with Crippen molar-refractivity contribution in [1.29, 1.82) is 0 Å². The average molecular weight is 401 g/mol. The van der Waals surface area contributed by atoms with Crippen molar-refractivity contribution in [1.82, 2.24) is 10.6 Å². The fourth-order valence-corrected chi connectivity index (χ4v) is 3.60. The van der Waals surface area contributed by atoms with Gasteiger partial charge in [-0.25, -0.2) is 0 Å². The number of hydrogen-bond acceptors (Lipinski definition) is 2. The maximum Gasteiger partial charge on any atom is 0.251 e. The first kappa shape index (κ1) is 21.3. The van der Waals surface area contributed by atoms with Crippen molar-refractivity contribution in [2.75, 3.05) is 7.05 Å². The van der Waals surface area contributed by atoms with Crippen LogP contribution in [0.4, 0.5) is 0 Å². The summed E-state index contributed by atoms with van der Waals surface area (Å²) in [6.45, 7) is 4.22. The first-order valence-corrected chi connectivity index (χ1v) is 10.2. The lowest BCUT2D eigenvalue weighted by molar-refractivity contribution is -0.122. The highest BCUT2D eigenvalue weighted by atomic mass is 16.2. The predicted molar refractivity (Wildman–Crippen MR) is 121 cm³/mol. The van der Waals surface area contributed by atoms with E-state index in [0.29, 0.717) is 11.5 Å². The maximum absolute atomic E-state index is 13.0. The molecule has 0 aliphatic rings. The van der Waals surface area contributed by atoms with E-state index >= 15 is 0 Å². The topological polar surface area (TPSA) is 58.2 Å². The van der Waals surface area contributed by atoms with E-state index in [0.717, 1.165) is 11.1 Å². The lowest BCUT2D eigenvalue weighted by atomic mass is 9.84. The molecule has 154 valence electrons. The Balaban J connectivity index is 1.96. The van der Waals surface area contributed by atoms with E-state index in [1.165, 1.54) is 5.56 Å². The van der Waals surface area contributed by atoms with Crippen LogP contribution >= 0.6 is 0 Å². The zero-order chi connectivity index (χ0) is 21.5. The Kier molecular flexibility index (Phi) is 7.02. The van der Waals surface area contributed by atoms with Gasteiger partial charge in [0.2, 0.25) is 5.91 Å². The summed E-state index contributed by atoms with van der Waals surface area (Å²) in [6.07, 6.45) is 0. The van der Waals surface area contributed by atoms with Gasteiger partial charge in [0, 0.05) is 18.5 Å². The van der Waals surface area contributed by atoms with Gasteiger partial charge < -0.3 is 10.6 Å². The third kappa shape index (κ3) is 4.95. The molecule has 4 nitrogen and oxygen atoms in total. The van der Waals surface area contributed by atoms with Crippen LogP contribution in [0.5, 0.6) is 0 Å². The molecule has 0 bridgehead atoms. The van der Waals surface area contributed by atoms with E-state index in [-0.39, 0.29) is 17.7 Å². The molecule has 4 heteroatoms. The molecule has 2 amide bonds. The van der Waals surface area contributed by atoms with Crippen molar-refractivity contribution >= 4 is 11.8 Å². The second-order valence-electron chi connectivity index (χ2n) is 7.64. The molecule has 30 heavy (non-hydrogen) atoms. The Labute approximate surface area is 178 Å². The molecule has 1 unspecified atom stereocenters. The zero-order valence-corrected chi connectivity index (χ0v) is 17.6. The summed E-state index contributed by atoms with van der Waals surface area (Å²) in [5.41, 5.74) is 3.63. The first-order chi connectivity index (χ1) is 14.5. The van der Waals surface area contributed by atoms with Gasteiger partial charge in [-0.15, -0.1) is 0 Å². The highest BCUT2D eigenvalue weighted by Gasteiger charge is 2.32. The fourth-order valence-electron chi connectivity index (χ4n) is 3.60. The van der Waals surface area contributed by atoms with Crippen LogP contribution < -0.4 is 10.6 Å². The Morgan fingerprint density at radius 1 is 0.700 bits per heavy atom. The third-order valence-corrected chi connectivity index (χ3v) is 5.31. The largest absolute Gasteiger partial charge is 0.357 e. The summed E-state index contributed by atoms with van der Waals surface area (Å²) in [5.74, 6) is -0.428. The van der Waals surface area contributed by atoms with Crippen LogP contribution in [-0.2, 0) is 4.79 Å². The minimum Gasteiger partial charge on any atom is -0.357 e. The highest BCUT2D eigenvalue weighted by Crippen LogP contribution is 2.28. The number of amides is 2. The molecule has 0 aliphatic heterocycles. The van der Waals surface area contributed by atoms with Crippen molar-refractivity contribution in [3.05, 3.63) is 107 Å². The van der Waals surface area contributed by atoms with Gasteiger partial charge in [-0.2, -0.15) is 0 Å². The second kappa shape index (κ2) is 9.88. The van der Waals surface area contributed by atoms with E-state index in [9.17, 15) is 9.59 Å². The van der Waals surface area contributed by atoms with Gasteiger partial charge in [-0.05, 0) is 34.7 Å². The molecule has 3 aromatic carbocycles. The molecule has 0 fully saturated rings. The quantitative estimate of drug-likeness (QED) is 0.614. The van der Waals surface area contributed by atoms with Crippen molar-refractivity contribution in [2.45, 2.75) is 31.7 Å². The molecule has 0 heterocycles. The average Bonchev–Trinajstić information content (AvgIpc) is 2.79. The molecule has 3 aromatic rings. The van der Waals surface area contributed by atoms with Crippen molar-refractivity contribution in [3.8, 4) is 0 Å². The van der Waals surface area contributed by atoms with Gasteiger partial charge in [0.05, 0.1) is 0 Å². The summed E-state index contributed by atoms with van der Waals surface area (Å²) in [7, 11) is 1.59. The molecule has 0 saturated carbocycles. The normalized spacial score (nSPS) is 11.9. The summed E-state index contributed by atoms with van der Waals surface area (Å²) in [5, 5.41) is 5.69. The molecule has 0 aromatic heterocycles. The predicted octanol–water partition coefficient (Wildman–Crippen LogP) is 4.49. The zero-order valence-electron chi connectivity index (χ0n) is 17.6. The van der Waals surface area contributed by atoms with Crippen molar-refractivity contribution < 1.29 is 9.59 Å². The fraction of sp³-hybridized carbons (Fsp3) is 0.231. The van der Waals surface area contributed by atoms with E-state index in [4.69, 9.17) is 0 Å². The van der Waals surface area contributed by atoms with Gasteiger partial charge in [-0.3, -0.25) is 9.59 Å². The summed E-state index contributed by atoms with van der Waals surface area (Å²) in [4.78, 5) is 25.9. The van der Waals surface area contributed by atoms with Crippen molar-refractivity contribution in [3.63, 3.8) is 0 Å². The van der Waals surface area contributed by atoms with Gasteiger partial charge in [-0.1, -0.05) is 86.6 Å². The number of benzene rings is 3. The monoisotopic (exact) mass is 400 g/mol. The van der Waals surface area contributed by atoms with E-state index in [1.807, 2.05) is 84.9 Å². The smallest absolute Gasteiger partial charge is 0.251 e. The Hall–Kier alpha value is -3.40. The van der Waals surface area contributed by atoms with Crippen LogP contribution in [0.3, 0.4) is 0 Å². The third-order valence-electron chi connectivity index (χ3n) is 5.31. The number of carbonyl (C=O) groups excluding carboxylic acids is 2. The molecule has 3 rings (SSSR count). The Morgan fingerprint density at radius 3 is 1.63 bits per heavy atom. The molecule has 0 spiro atoms. The number of rotatable bonds is 7. The van der Waals surface area contributed by atoms with Gasteiger partial charge in [0.25, 0.3) is 5.91 Å². The minimum atomic E-state index is -0.753. The van der Waals surface area contributed by atoms with Crippen LogP contribution in [-0.4, -0.2) is 24.9 Å². The van der Waals surface area contributed by atoms with Crippen LogP contribution in [0.2, 0.25) is 0 Å². The van der Waals surface area contributed by atoms with E-state index in [1.54, 1.807) is 7.05 Å². The van der Waals surface area contributed by atoms with Crippen LogP contribution in [0.1, 0.15) is 52.7 Å². The molecular formula is C26H28N2O2. The standard InChI is InChI=1S/C26H28N2O2/c1-18(2)19-14-16-22(17-15-19)25(29)28-24(26(30)27-3)23(20-10-6-4-7-11-20)21-12-8-5-9-13-21/h4-18,23-24H,1-3H3,(H,27,30)(H,28,29). The van der Waals surface area contributed by atoms with Gasteiger partial charge >= 0.3 is 0 Å². The van der Waals surface area contributed by atoms with Crippen LogP contribution in [0, 0.1) is 0 Å². The molecule has 0 saturated heterocycles.